The Morgan fingerprint density at radius 3 is 2.29 bits per heavy atom. The molecule has 9 heteroatoms. The number of carbonyl (C=O) groups is 1. The van der Waals surface area contributed by atoms with E-state index >= 15 is 0 Å². The van der Waals surface area contributed by atoms with Crippen molar-refractivity contribution in [2.45, 2.75) is 32.9 Å². The first-order valence-corrected chi connectivity index (χ1v) is 10.4. The zero-order valence-corrected chi connectivity index (χ0v) is 16.8. The highest BCUT2D eigenvalue weighted by molar-refractivity contribution is 7.92. The maximum Gasteiger partial charge on any atom is 0.248 e. The molecule has 2 rings (SSSR count). The van der Waals surface area contributed by atoms with Gasteiger partial charge in [-0.1, -0.05) is 12.1 Å². The zero-order valence-electron chi connectivity index (χ0n) is 15.9. The maximum atomic E-state index is 13.6. The minimum atomic E-state index is -3.96. The van der Waals surface area contributed by atoms with Crippen LogP contribution in [0.25, 0.3) is 0 Å². The predicted octanol–water partition coefficient (Wildman–Crippen LogP) is 3.55. The number of ether oxygens (including phenoxy) is 1. The minimum Gasteiger partial charge on any atom is -0.489 e. The van der Waals surface area contributed by atoms with Crippen LogP contribution in [0.4, 0.5) is 20.2 Å². The third kappa shape index (κ3) is 5.19. The lowest BCUT2D eigenvalue weighted by Gasteiger charge is -2.28. The summed E-state index contributed by atoms with van der Waals surface area (Å²) in [5.41, 5.74) is 0.211. The second kappa shape index (κ2) is 8.55. The Kier molecular flexibility index (Phi) is 6.60. The van der Waals surface area contributed by atoms with Crippen LogP contribution in [0.5, 0.6) is 5.75 Å². The van der Waals surface area contributed by atoms with Gasteiger partial charge in [0.2, 0.25) is 15.9 Å². The van der Waals surface area contributed by atoms with E-state index in [2.05, 4.69) is 5.32 Å². The number of carbonyl (C=O) groups excluding carboxylic acids is 1. The average Bonchev–Trinajstić information content (AvgIpc) is 2.58. The Morgan fingerprint density at radius 1 is 1.07 bits per heavy atom. The lowest BCUT2D eigenvalue weighted by Crippen LogP contribution is -2.45. The highest BCUT2D eigenvalue weighted by atomic mass is 32.2. The summed E-state index contributed by atoms with van der Waals surface area (Å²) >= 11 is 0. The molecule has 0 spiro atoms. The first-order chi connectivity index (χ1) is 13.0. The van der Waals surface area contributed by atoms with Crippen molar-refractivity contribution in [1.29, 1.82) is 0 Å². The van der Waals surface area contributed by atoms with Crippen LogP contribution >= 0.6 is 0 Å². The molecule has 0 saturated carbocycles. The van der Waals surface area contributed by atoms with Crippen molar-refractivity contribution in [1.82, 2.24) is 0 Å². The van der Waals surface area contributed by atoms with Gasteiger partial charge in [0.05, 0.1) is 23.7 Å². The number of nitrogens with one attached hydrogen (secondary N) is 1. The maximum absolute atomic E-state index is 13.6. The average molecular weight is 412 g/mol. The lowest BCUT2D eigenvalue weighted by atomic mass is 10.2. The number of rotatable bonds is 7. The van der Waals surface area contributed by atoms with Crippen LogP contribution in [-0.4, -0.2) is 32.7 Å². The third-order valence-electron chi connectivity index (χ3n) is 3.75. The summed E-state index contributed by atoms with van der Waals surface area (Å²) in [5, 5.41) is 2.63. The molecule has 0 unspecified atom stereocenters. The van der Waals surface area contributed by atoms with Crippen LogP contribution in [0, 0.1) is 11.6 Å². The largest absolute Gasteiger partial charge is 0.489 e. The smallest absolute Gasteiger partial charge is 0.248 e. The number of halogens is 2. The number of hydrogen-bond donors (Lipinski definition) is 1. The van der Waals surface area contributed by atoms with Crippen LogP contribution in [0.1, 0.15) is 20.8 Å². The molecule has 0 radical (unpaired) electrons. The van der Waals surface area contributed by atoms with Gasteiger partial charge >= 0.3 is 0 Å². The molecule has 152 valence electrons. The summed E-state index contributed by atoms with van der Waals surface area (Å²) in [5.74, 6) is -2.56. The molecule has 2 aromatic carbocycles. The van der Waals surface area contributed by atoms with E-state index in [1.807, 2.05) is 13.8 Å². The first kappa shape index (κ1) is 21.6. The van der Waals surface area contributed by atoms with Crippen molar-refractivity contribution in [3.63, 3.8) is 0 Å². The van der Waals surface area contributed by atoms with E-state index in [0.717, 1.165) is 28.8 Å². The lowest BCUT2D eigenvalue weighted by molar-refractivity contribution is -0.116. The number of para-hydroxylation sites is 2. The molecule has 2 aromatic rings. The van der Waals surface area contributed by atoms with Crippen molar-refractivity contribution in [3.8, 4) is 5.75 Å². The molecule has 0 bridgehead atoms. The van der Waals surface area contributed by atoms with E-state index in [9.17, 15) is 22.0 Å². The fraction of sp³-hybridized carbons (Fsp3) is 0.316. The zero-order chi connectivity index (χ0) is 21.1. The molecular formula is C19H22F2N2O4S. The third-order valence-corrected chi connectivity index (χ3v) is 5.00. The molecule has 1 N–H and O–H groups in total. The van der Waals surface area contributed by atoms with Crippen LogP contribution in [-0.2, 0) is 14.8 Å². The van der Waals surface area contributed by atoms with E-state index in [4.69, 9.17) is 4.74 Å². The molecule has 1 amide bonds. The number of hydrogen-bond acceptors (Lipinski definition) is 4. The summed E-state index contributed by atoms with van der Waals surface area (Å²) in [6, 6.07) is 8.12. The molecule has 0 aromatic heterocycles. The van der Waals surface area contributed by atoms with Crippen molar-refractivity contribution in [2.75, 3.05) is 15.9 Å². The molecule has 0 fully saturated rings. The van der Waals surface area contributed by atoms with E-state index in [0.29, 0.717) is 11.4 Å². The predicted molar refractivity (Wildman–Crippen MR) is 104 cm³/mol. The molecule has 0 aliphatic carbocycles. The van der Waals surface area contributed by atoms with Crippen LogP contribution in [0.2, 0.25) is 0 Å². The Balaban J connectivity index is 2.34. The monoisotopic (exact) mass is 412 g/mol. The second-order valence-electron chi connectivity index (χ2n) is 6.49. The van der Waals surface area contributed by atoms with Gasteiger partial charge in [-0.25, -0.2) is 17.2 Å². The molecule has 1 atom stereocenters. The van der Waals surface area contributed by atoms with E-state index in [1.165, 1.54) is 6.92 Å². The standard InChI is InChI=1S/C19H22F2N2O4S/c1-12(2)27-18-8-6-5-7-17(18)22-19(24)13(3)23(28(4,25)26)14-9-10-15(20)16(21)11-14/h5-13H,1-4H3,(H,22,24)/t13-/m1/s1. The first-order valence-electron chi connectivity index (χ1n) is 8.51. The van der Waals surface area contributed by atoms with Crippen LogP contribution < -0.4 is 14.4 Å². The Labute approximate surface area is 163 Å². The summed E-state index contributed by atoms with van der Waals surface area (Å²) in [7, 11) is -3.96. The van der Waals surface area contributed by atoms with Crippen LogP contribution in [0.3, 0.4) is 0 Å². The highest BCUT2D eigenvalue weighted by Crippen LogP contribution is 2.27. The summed E-state index contributed by atoms with van der Waals surface area (Å²) in [6.07, 6.45) is 0.749. The van der Waals surface area contributed by atoms with Crippen molar-refractivity contribution >= 4 is 27.3 Å². The Hall–Kier alpha value is -2.68. The molecule has 6 nitrogen and oxygen atoms in total. The van der Waals surface area contributed by atoms with Gasteiger partial charge in [-0.15, -0.1) is 0 Å². The minimum absolute atomic E-state index is 0.134. The summed E-state index contributed by atoms with van der Waals surface area (Å²) < 4.78 is 57.7. The normalized spacial score (nSPS) is 12.5. The summed E-state index contributed by atoms with van der Waals surface area (Å²) in [4.78, 5) is 12.7. The van der Waals surface area contributed by atoms with Crippen molar-refractivity contribution < 1.29 is 26.7 Å². The van der Waals surface area contributed by atoms with Gasteiger partial charge < -0.3 is 10.1 Å². The van der Waals surface area contributed by atoms with Crippen molar-refractivity contribution in [3.05, 3.63) is 54.1 Å². The van der Waals surface area contributed by atoms with Crippen LogP contribution in [0.15, 0.2) is 42.5 Å². The number of sulfonamides is 1. The topological polar surface area (TPSA) is 75.7 Å². The van der Waals surface area contributed by atoms with E-state index in [1.54, 1.807) is 24.3 Å². The molecule has 0 aliphatic rings. The molecule has 0 saturated heterocycles. The fourth-order valence-electron chi connectivity index (χ4n) is 2.59. The summed E-state index contributed by atoms with van der Waals surface area (Å²) in [6.45, 7) is 5.01. The number of nitrogens with zero attached hydrogens (tertiary/aromatic N) is 1. The highest BCUT2D eigenvalue weighted by Gasteiger charge is 2.30. The number of amides is 1. The molecular weight excluding hydrogens is 390 g/mol. The molecule has 28 heavy (non-hydrogen) atoms. The van der Waals surface area contributed by atoms with Gasteiger partial charge in [0.15, 0.2) is 11.6 Å². The quantitative estimate of drug-likeness (QED) is 0.755. The molecule has 0 heterocycles. The fourth-order valence-corrected chi connectivity index (χ4v) is 3.76. The van der Waals surface area contributed by atoms with Gasteiger partial charge in [0, 0.05) is 6.07 Å². The Morgan fingerprint density at radius 2 is 1.71 bits per heavy atom. The van der Waals surface area contributed by atoms with Gasteiger partial charge in [0.1, 0.15) is 11.8 Å². The van der Waals surface area contributed by atoms with Gasteiger partial charge in [-0.3, -0.25) is 9.10 Å². The molecule has 0 aliphatic heterocycles. The van der Waals surface area contributed by atoms with E-state index in [-0.39, 0.29) is 11.8 Å². The van der Waals surface area contributed by atoms with E-state index < -0.39 is 33.6 Å². The number of benzene rings is 2. The van der Waals surface area contributed by atoms with Crippen molar-refractivity contribution in [2.24, 2.45) is 0 Å². The Bertz CT molecular complexity index is 964. The second-order valence-corrected chi connectivity index (χ2v) is 8.34. The van der Waals surface area contributed by atoms with Gasteiger partial charge in [-0.05, 0) is 45.0 Å². The van der Waals surface area contributed by atoms with Gasteiger partial charge in [0.25, 0.3) is 0 Å². The SMILES string of the molecule is CC(C)Oc1ccccc1NC(=O)[C@@H](C)N(c1ccc(F)c(F)c1)S(C)(=O)=O. The number of anilines is 2. The van der Waals surface area contributed by atoms with Gasteiger partial charge in [-0.2, -0.15) is 0 Å².